The van der Waals surface area contributed by atoms with Gasteiger partial charge in [0.15, 0.2) is 11.5 Å². The van der Waals surface area contributed by atoms with E-state index >= 15 is 0 Å². The number of amides is 1. The number of carbonyl (C=O) groups excluding carboxylic acids is 1. The van der Waals surface area contributed by atoms with E-state index in [-0.39, 0.29) is 22.0 Å². The molecule has 0 aromatic heterocycles. The molecule has 0 saturated carbocycles. The first kappa shape index (κ1) is 23.9. The van der Waals surface area contributed by atoms with Crippen molar-refractivity contribution in [2.75, 3.05) is 27.4 Å². The molecule has 0 unspecified atom stereocenters. The van der Waals surface area contributed by atoms with E-state index in [0.717, 1.165) is 5.56 Å². The Labute approximate surface area is 182 Å². The van der Waals surface area contributed by atoms with Crippen LogP contribution in [0.3, 0.4) is 0 Å². The molecule has 0 aliphatic carbocycles. The molecule has 0 aliphatic rings. The van der Waals surface area contributed by atoms with Gasteiger partial charge in [0.25, 0.3) is 5.91 Å². The molecule has 2 aromatic carbocycles. The van der Waals surface area contributed by atoms with E-state index < -0.39 is 16.0 Å². The predicted octanol–water partition coefficient (Wildman–Crippen LogP) is 2.83. The fourth-order valence-corrected chi connectivity index (χ4v) is 3.48. The first-order valence-corrected chi connectivity index (χ1v) is 10.8. The van der Waals surface area contributed by atoms with Crippen molar-refractivity contribution in [2.24, 2.45) is 0 Å². The number of ether oxygens (including phenoxy) is 2. The van der Waals surface area contributed by atoms with Crippen LogP contribution in [0.2, 0.25) is 0 Å². The highest BCUT2D eigenvalue weighted by Gasteiger charge is 2.19. The van der Waals surface area contributed by atoms with Crippen molar-refractivity contribution in [1.29, 1.82) is 5.26 Å². The Hall–Kier alpha value is -3.35. The molecule has 2 aromatic rings. The van der Waals surface area contributed by atoms with Crippen molar-refractivity contribution in [1.82, 2.24) is 5.32 Å². The molecule has 0 atom stereocenters. The van der Waals surface area contributed by atoms with Gasteiger partial charge in [0.2, 0.25) is 0 Å². The standard InChI is InChI=1S/C22H24N2O6S/c1-16-5-8-19(9-6-16)31(26,27)30-20-10-7-17(14-21(20)29-3)13-18(15-23)22(25)24-11-4-12-28-2/h5-10,13-14H,4,11-12H2,1-3H3,(H,24,25)/b18-13+. The molecule has 0 spiro atoms. The van der Waals surface area contributed by atoms with Crippen molar-refractivity contribution in [3.8, 4) is 17.6 Å². The zero-order valence-corrected chi connectivity index (χ0v) is 18.4. The van der Waals surface area contributed by atoms with Gasteiger partial charge in [-0.1, -0.05) is 23.8 Å². The Morgan fingerprint density at radius 1 is 1.13 bits per heavy atom. The fourth-order valence-electron chi connectivity index (χ4n) is 2.54. The number of nitrogens with one attached hydrogen (secondary N) is 1. The summed E-state index contributed by atoms with van der Waals surface area (Å²) in [5.41, 5.74) is 1.30. The third-order valence-electron chi connectivity index (χ3n) is 4.18. The van der Waals surface area contributed by atoms with Crippen LogP contribution in [0.5, 0.6) is 11.5 Å². The van der Waals surface area contributed by atoms with E-state index in [0.29, 0.717) is 25.1 Å². The summed E-state index contributed by atoms with van der Waals surface area (Å²) in [5.74, 6) is -0.384. The second kappa shape index (κ2) is 11.2. The normalized spacial score (nSPS) is 11.5. The number of methoxy groups -OCH3 is 2. The number of benzene rings is 2. The number of nitrogens with zero attached hydrogens (tertiary/aromatic N) is 1. The minimum atomic E-state index is -4.05. The van der Waals surface area contributed by atoms with Crippen molar-refractivity contribution >= 4 is 22.1 Å². The van der Waals surface area contributed by atoms with E-state index in [1.54, 1.807) is 19.2 Å². The molecule has 0 bridgehead atoms. The van der Waals surface area contributed by atoms with Crippen LogP contribution in [0.4, 0.5) is 0 Å². The SMILES string of the molecule is COCCCNC(=O)/C(C#N)=C/c1ccc(OS(=O)(=O)c2ccc(C)cc2)c(OC)c1. The molecule has 0 radical (unpaired) electrons. The van der Waals surface area contributed by atoms with Crippen LogP contribution in [0.15, 0.2) is 52.9 Å². The molecular formula is C22H24N2O6S. The van der Waals surface area contributed by atoms with Crippen LogP contribution in [0.1, 0.15) is 17.5 Å². The first-order chi connectivity index (χ1) is 14.8. The lowest BCUT2D eigenvalue weighted by Gasteiger charge is -2.12. The highest BCUT2D eigenvalue weighted by molar-refractivity contribution is 7.87. The minimum Gasteiger partial charge on any atom is -0.493 e. The van der Waals surface area contributed by atoms with Crippen molar-refractivity contribution in [3.63, 3.8) is 0 Å². The van der Waals surface area contributed by atoms with Crippen molar-refractivity contribution in [3.05, 3.63) is 59.2 Å². The molecule has 31 heavy (non-hydrogen) atoms. The maximum atomic E-state index is 12.5. The largest absolute Gasteiger partial charge is 0.493 e. The lowest BCUT2D eigenvalue weighted by atomic mass is 10.1. The Morgan fingerprint density at radius 2 is 1.84 bits per heavy atom. The van der Waals surface area contributed by atoms with Crippen molar-refractivity contribution < 1.29 is 26.9 Å². The van der Waals surface area contributed by atoms with Crippen LogP contribution in [-0.4, -0.2) is 41.7 Å². The van der Waals surface area contributed by atoms with E-state index in [1.165, 1.54) is 43.5 Å². The highest BCUT2D eigenvalue weighted by atomic mass is 32.2. The number of hydrogen-bond acceptors (Lipinski definition) is 7. The van der Waals surface area contributed by atoms with Gasteiger partial charge in [-0.15, -0.1) is 0 Å². The van der Waals surface area contributed by atoms with Gasteiger partial charge in [0, 0.05) is 20.3 Å². The second-order valence-electron chi connectivity index (χ2n) is 6.53. The summed E-state index contributed by atoms with van der Waals surface area (Å²) in [5, 5.41) is 11.9. The highest BCUT2D eigenvalue weighted by Crippen LogP contribution is 2.31. The van der Waals surface area contributed by atoms with Crippen LogP contribution in [0, 0.1) is 18.3 Å². The summed E-state index contributed by atoms with van der Waals surface area (Å²) in [4.78, 5) is 12.2. The molecule has 8 nitrogen and oxygen atoms in total. The number of rotatable bonds is 10. The zero-order chi connectivity index (χ0) is 22.9. The average Bonchev–Trinajstić information content (AvgIpc) is 2.75. The third kappa shape index (κ3) is 6.84. The second-order valence-corrected chi connectivity index (χ2v) is 8.08. The van der Waals surface area contributed by atoms with Gasteiger partial charge >= 0.3 is 10.1 Å². The lowest BCUT2D eigenvalue weighted by Crippen LogP contribution is -2.26. The number of nitriles is 1. The summed E-state index contributed by atoms with van der Waals surface area (Å²) in [6.07, 6.45) is 2.00. The first-order valence-electron chi connectivity index (χ1n) is 9.39. The zero-order valence-electron chi connectivity index (χ0n) is 17.5. The quantitative estimate of drug-likeness (QED) is 0.259. The number of aryl methyl sites for hydroxylation is 1. The summed E-state index contributed by atoms with van der Waals surface area (Å²) in [6.45, 7) is 2.72. The lowest BCUT2D eigenvalue weighted by molar-refractivity contribution is -0.117. The van der Waals surface area contributed by atoms with Gasteiger partial charge in [0.1, 0.15) is 16.5 Å². The Kier molecular flexibility index (Phi) is 8.61. The minimum absolute atomic E-state index is 0.0113. The van der Waals surface area contributed by atoms with Gasteiger partial charge in [-0.25, -0.2) is 0 Å². The van der Waals surface area contributed by atoms with Crippen LogP contribution >= 0.6 is 0 Å². The van der Waals surface area contributed by atoms with E-state index in [4.69, 9.17) is 13.7 Å². The summed E-state index contributed by atoms with van der Waals surface area (Å²) < 4.78 is 40.4. The van der Waals surface area contributed by atoms with E-state index in [1.807, 2.05) is 13.0 Å². The number of carbonyl (C=O) groups is 1. The molecule has 0 fully saturated rings. The van der Waals surface area contributed by atoms with Crippen LogP contribution in [-0.2, 0) is 19.6 Å². The fraction of sp³-hybridized carbons (Fsp3) is 0.273. The number of hydrogen-bond donors (Lipinski definition) is 1. The van der Waals surface area contributed by atoms with Gasteiger partial charge in [-0.05, 0) is 49.2 Å². The molecule has 0 saturated heterocycles. The van der Waals surface area contributed by atoms with Gasteiger partial charge in [-0.3, -0.25) is 4.79 Å². The summed E-state index contributed by atoms with van der Waals surface area (Å²) >= 11 is 0. The van der Waals surface area contributed by atoms with Crippen LogP contribution in [0.25, 0.3) is 6.08 Å². The topological polar surface area (TPSA) is 115 Å². The van der Waals surface area contributed by atoms with E-state index in [9.17, 15) is 18.5 Å². The Balaban J connectivity index is 2.22. The molecule has 0 aliphatic heterocycles. The summed E-state index contributed by atoms with van der Waals surface area (Å²) in [7, 11) is -1.13. The molecule has 164 valence electrons. The molecular weight excluding hydrogens is 420 g/mol. The van der Waals surface area contributed by atoms with Gasteiger partial charge < -0.3 is 19.0 Å². The van der Waals surface area contributed by atoms with E-state index in [2.05, 4.69) is 5.32 Å². The molecule has 1 N–H and O–H groups in total. The van der Waals surface area contributed by atoms with Gasteiger partial charge in [0.05, 0.1) is 7.11 Å². The smallest absolute Gasteiger partial charge is 0.339 e. The molecule has 2 rings (SSSR count). The van der Waals surface area contributed by atoms with Gasteiger partial charge in [-0.2, -0.15) is 13.7 Å². The third-order valence-corrected chi connectivity index (χ3v) is 5.43. The maximum absolute atomic E-state index is 12.5. The molecule has 0 heterocycles. The molecule has 1 amide bonds. The van der Waals surface area contributed by atoms with Crippen LogP contribution < -0.4 is 14.2 Å². The summed E-state index contributed by atoms with van der Waals surface area (Å²) in [6, 6.07) is 12.5. The Bertz CT molecular complexity index is 1090. The predicted molar refractivity (Wildman–Crippen MR) is 115 cm³/mol. The monoisotopic (exact) mass is 444 g/mol. The average molecular weight is 445 g/mol. The van der Waals surface area contributed by atoms with Crippen molar-refractivity contribution in [2.45, 2.75) is 18.2 Å². The maximum Gasteiger partial charge on any atom is 0.339 e. The molecule has 9 heteroatoms. The Morgan fingerprint density at radius 3 is 2.45 bits per heavy atom.